The van der Waals surface area contributed by atoms with Crippen molar-refractivity contribution in [2.24, 2.45) is 0 Å². The fraction of sp³-hybridized carbons (Fsp3) is 0.500. The van der Waals surface area contributed by atoms with E-state index >= 15 is 0 Å². The Hall–Kier alpha value is -1.55. The van der Waals surface area contributed by atoms with Gasteiger partial charge >= 0.3 is 0 Å². The van der Waals surface area contributed by atoms with Crippen molar-refractivity contribution in [1.29, 1.82) is 0 Å². The maximum Gasteiger partial charge on any atom is 0.253 e. The molecule has 0 bridgehead atoms. The molecule has 1 N–H and O–H groups in total. The molecule has 1 aromatic rings. The summed E-state index contributed by atoms with van der Waals surface area (Å²) < 4.78 is 5.35. The summed E-state index contributed by atoms with van der Waals surface area (Å²) in [4.78, 5) is 13.4. The van der Waals surface area contributed by atoms with Crippen LogP contribution < -0.4 is 5.32 Å². The zero-order chi connectivity index (χ0) is 13.5. The molecule has 0 heterocycles. The van der Waals surface area contributed by atoms with E-state index in [1.54, 1.807) is 19.0 Å². The summed E-state index contributed by atoms with van der Waals surface area (Å²) >= 11 is 0. The zero-order valence-corrected chi connectivity index (χ0v) is 11.6. The first-order valence-electron chi connectivity index (χ1n) is 6.20. The van der Waals surface area contributed by atoms with Crippen molar-refractivity contribution in [3.05, 3.63) is 29.8 Å². The molecule has 0 spiro atoms. The van der Waals surface area contributed by atoms with Crippen molar-refractivity contribution in [1.82, 2.24) is 4.90 Å². The van der Waals surface area contributed by atoms with E-state index < -0.39 is 0 Å². The third-order valence-electron chi connectivity index (χ3n) is 2.50. The fourth-order valence-electron chi connectivity index (χ4n) is 1.62. The number of carbonyl (C=O) groups excluding carboxylic acids is 1. The molecule has 1 atom stereocenters. The molecule has 0 aliphatic carbocycles. The van der Waals surface area contributed by atoms with Gasteiger partial charge in [-0.1, -0.05) is 6.07 Å². The second-order valence-corrected chi connectivity index (χ2v) is 4.49. The molecule has 0 saturated heterocycles. The molecule has 4 heteroatoms. The van der Waals surface area contributed by atoms with Gasteiger partial charge in [0.15, 0.2) is 0 Å². The molecular formula is C14H22N2O2. The molecule has 0 aliphatic rings. The molecule has 18 heavy (non-hydrogen) atoms. The van der Waals surface area contributed by atoms with E-state index in [1.165, 1.54) is 0 Å². The van der Waals surface area contributed by atoms with Crippen LogP contribution in [0.5, 0.6) is 0 Å². The molecule has 1 rings (SSSR count). The Morgan fingerprint density at radius 3 is 2.78 bits per heavy atom. The average molecular weight is 250 g/mol. The summed E-state index contributed by atoms with van der Waals surface area (Å²) in [7, 11) is 3.50. The van der Waals surface area contributed by atoms with E-state index in [1.807, 2.05) is 31.2 Å². The minimum Gasteiger partial charge on any atom is -0.380 e. The second-order valence-electron chi connectivity index (χ2n) is 4.49. The minimum atomic E-state index is 0.0103. The van der Waals surface area contributed by atoms with Gasteiger partial charge in [-0.15, -0.1) is 0 Å². The van der Waals surface area contributed by atoms with Gasteiger partial charge in [0.25, 0.3) is 5.91 Å². The maximum absolute atomic E-state index is 11.8. The van der Waals surface area contributed by atoms with Crippen LogP contribution in [0.4, 0.5) is 5.69 Å². The number of ether oxygens (including phenoxy) is 1. The van der Waals surface area contributed by atoms with Crippen LogP contribution in [0.2, 0.25) is 0 Å². The van der Waals surface area contributed by atoms with Gasteiger partial charge in [0.1, 0.15) is 0 Å². The highest BCUT2D eigenvalue weighted by Gasteiger charge is 2.09. The predicted octanol–water partition coefficient (Wildman–Crippen LogP) is 2.23. The van der Waals surface area contributed by atoms with E-state index in [4.69, 9.17) is 4.74 Å². The van der Waals surface area contributed by atoms with Crippen LogP contribution in [0, 0.1) is 0 Å². The third-order valence-corrected chi connectivity index (χ3v) is 2.50. The van der Waals surface area contributed by atoms with Crippen LogP contribution >= 0.6 is 0 Å². The smallest absolute Gasteiger partial charge is 0.253 e. The molecule has 1 aromatic carbocycles. The van der Waals surface area contributed by atoms with Crippen molar-refractivity contribution in [3.8, 4) is 0 Å². The number of hydrogen-bond acceptors (Lipinski definition) is 3. The second kappa shape index (κ2) is 7.01. The number of amides is 1. The lowest BCUT2D eigenvalue weighted by Crippen LogP contribution is -2.23. The van der Waals surface area contributed by atoms with Crippen LogP contribution in [0.3, 0.4) is 0 Å². The molecule has 1 amide bonds. The van der Waals surface area contributed by atoms with E-state index in [-0.39, 0.29) is 11.9 Å². The van der Waals surface area contributed by atoms with Gasteiger partial charge in [0.2, 0.25) is 0 Å². The first-order chi connectivity index (χ1) is 8.54. The quantitative estimate of drug-likeness (QED) is 0.841. The molecular weight excluding hydrogens is 228 g/mol. The third kappa shape index (κ3) is 4.37. The highest BCUT2D eigenvalue weighted by molar-refractivity contribution is 5.94. The fourth-order valence-corrected chi connectivity index (χ4v) is 1.62. The summed E-state index contributed by atoms with van der Waals surface area (Å²) in [6, 6.07) is 7.74. The molecule has 0 fully saturated rings. The number of nitrogens with zero attached hydrogens (tertiary/aromatic N) is 1. The number of benzene rings is 1. The summed E-state index contributed by atoms with van der Waals surface area (Å²) in [5.41, 5.74) is 1.63. The first kappa shape index (κ1) is 14.5. The van der Waals surface area contributed by atoms with Crippen LogP contribution in [-0.2, 0) is 4.74 Å². The monoisotopic (exact) mass is 250 g/mol. The van der Waals surface area contributed by atoms with Crippen molar-refractivity contribution in [2.75, 3.05) is 32.6 Å². The lowest BCUT2D eigenvalue weighted by molar-refractivity contribution is 0.0827. The number of nitrogens with one attached hydrogen (secondary N) is 1. The zero-order valence-electron chi connectivity index (χ0n) is 11.6. The van der Waals surface area contributed by atoms with Crippen molar-refractivity contribution in [2.45, 2.75) is 19.9 Å². The lowest BCUT2D eigenvalue weighted by Gasteiger charge is -2.16. The van der Waals surface area contributed by atoms with Crippen molar-refractivity contribution >= 4 is 11.6 Å². The first-order valence-corrected chi connectivity index (χ1v) is 6.20. The number of rotatable bonds is 6. The Labute approximate surface area is 109 Å². The Morgan fingerprint density at radius 2 is 2.17 bits per heavy atom. The van der Waals surface area contributed by atoms with Crippen molar-refractivity contribution < 1.29 is 9.53 Å². The van der Waals surface area contributed by atoms with Crippen LogP contribution in [0.1, 0.15) is 24.2 Å². The highest BCUT2D eigenvalue weighted by atomic mass is 16.5. The largest absolute Gasteiger partial charge is 0.380 e. The van der Waals surface area contributed by atoms with Crippen molar-refractivity contribution in [3.63, 3.8) is 0 Å². The van der Waals surface area contributed by atoms with E-state index in [0.717, 1.165) is 5.69 Å². The Morgan fingerprint density at radius 1 is 1.44 bits per heavy atom. The summed E-state index contributed by atoms with van der Waals surface area (Å²) in [5.74, 6) is 0.0103. The predicted molar refractivity (Wildman–Crippen MR) is 74.0 cm³/mol. The normalized spacial score (nSPS) is 12.0. The van der Waals surface area contributed by atoms with E-state index in [2.05, 4.69) is 12.2 Å². The van der Waals surface area contributed by atoms with Gasteiger partial charge in [-0.3, -0.25) is 4.79 Å². The van der Waals surface area contributed by atoms with Crippen LogP contribution in [-0.4, -0.2) is 44.2 Å². The molecule has 0 radical (unpaired) electrons. The number of hydrogen-bond donors (Lipinski definition) is 1. The van der Waals surface area contributed by atoms with Gasteiger partial charge < -0.3 is 15.0 Å². The Balaban J connectivity index is 2.67. The minimum absolute atomic E-state index is 0.0103. The molecule has 1 unspecified atom stereocenters. The Bertz CT molecular complexity index is 391. The van der Waals surface area contributed by atoms with Gasteiger partial charge in [-0.05, 0) is 32.0 Å². The maximum atomic E-state index is 11.8. The summed E-state index contributed by atoms with van der Waals surface area (Å²) in [6.07, 6.45) is 0. The van der Waals surface area contributed by atoms with E-state index in [9.17, 15) is 4.79 Å². The van der Waals surface area contributed by atoms with Gasteiger partial charge in [-0.25, -0.2) is 0 Å². The molecule has 0 saturated carbocycles. The van der Waals surface area contributed by atoms with Gasteiger partial charge in [0.05, 0.1) is 6.61 Å². The van der Waals surface area contributed by atoms with Gasteiger partial charge in [-0.2, -0.15) is 0 Å². The summed E-state index contributed by atoms with van der Waals surface area (Å²) in [5, 5.41) is 3.32. The molecule has 0 aromatic heterocycles. The number of carbonyl (C=O) groups is 1. The molecule has 100 valence electrons. The standard InChI is InChI=1S/C14H22N2O2/c1-5-18-10-11(2)15-13-8-6-7-12(9-13)14(17)16(3)4/h6-9,11,15H,5,10H2,1-4H3. The van der Waals surface area contributed by atoms with E-state index in [0.29, 0.717) is 18.8 Å². The molecule has 0 aliphatic heterocycles. The SMILES string of the molecule is CCOCC(C)Nc1cccc(C(=O)N(C)C)c1. The summed E-state index contributed by atoms with van der Waals surface area (Å²) in [6.45, 7) is 5.40. The topological polar surface area (TPSA) is 41.6 Å². The highest BCUT2D eigenvalue weighted by Crippen LogP contribution is 2.13. The van der Waals surface area contributed by atoms with Crippen LogP contribution in [0.25, 0.3) is 0 Å². The number of anilines is 1. The average Bonchev–Trinajstić information content (AvgIpc) is 2.35. The lowest BCUT2D eigenvalue weighted by atomic mass is 10.1. The van der Waals surface area contributed by atoms with Crippen LogP contribution in [0.15, 0.2) is 24.3 Å². The van der Waals surface area contributed by atoms with Gasteiger partial charge in [0, 0.05) is 38.0 Å². The Kier molecular flexibility index (Phi) is 5.65. The molecule has 4 nitrogen and oxygen atoms in total.